The van der Waals surface area contributed by atoms with E-state index in [2.05, 4.69) is 5.16 Å². The van der Waals surface area contributed by atoms with Crippen molar-refractivity contribution in [3.8, 4) is 22.8 Å². The van der Waals surface area contributed by atoms with Crippen LogP contribution in [-0.4, -0.2) is 29.4 Å². The summed E-state index contributed by atoms with van der Waals surface area (Å²) in [6.07, 6.45) is 0. The molecule has 0 amide bonds. The van der Waals surface area contributed by atoms with Crippen LogP contribution in [0.15, 0.2) is 22.7 Å². The minimum absolute atomic E-state index is 0.134. The Morgan fingerprint density at radius 3 is 2.68 bits per heavy atom. The van der Waals surface area contributed by atoms with Gasteiger partial charge in [-0.3, -0.25) is 0 Å². The van der Waals surface area contributed by atoms with Crippen LogP contribution in [0.3, 0.4) is 0 Å². The van der Waals surface area contributed by atoms with Crippen LogP contribution in [0.25, 0.3) is 11.3 Å². The Bertz CT molecular complexity index is 738. The fourth-order valence-corrected chi connectivity index (χ4v) is 2.32. The molecule has 1 aliphatic heterocycles. The Balaban J connectivity index is 2.00. The summed E-state index contributed by atoms with van der Waals surface area (Å²) in [5.41, 5.74) is 0.275. The fraction of sp³-hybridized carbons (Fsp3) is 0.333. The number of ether oxygens (including phenoxy) is 2. The maximum atomic E-state index is 10.9. The molecule has 0 saturated heterocycles. The smallest absolute Gasteiger partial charge is 0.358 e. The summed E-state index contributed by atoms with van der Waals surface area (Å²) in [6, 6.07) is 4.67. The van der Waals surface area contributed by atoms with Crippen molar-refractivity contribution in [1.82, 2.24) is 5.16 Å². The number of aromatic carboxylic acids is 1. The van der Waals surface area contributed by atoms with Crippen LogP contribution in [0.1, 0.15) is 24.3 Å². The number of hydrogen-bond donors (Lipinski definition) is 1. The van der Waals surface area contributed by atoms with Gasteiger partial charge in [0, 0.05) is 17.0 Å². The fourth-order valence-electron chi connectivity index (χ4n) is 2.05. The lowest BCUT2D eigenvalue weighted by Gasteiger charge is -2.19. The van der Waals surface area contributed by atoms with E-state index in [4.69, 9.17) is 30.7 Å². The SMILES string of the molecule is CC1(C)COc2cc(-c3cc(C(=O)O)no3)cc(Cl)c2OC1. The summed E-state index contributed by atoms with van der Waals surface area (Å²) in [4.78, 5) is 10.9. The van der Waals surface area contributed by atoms with Gasteiger partial charge in [-0.2, -0.15) is 0 Å². The topological polar surface area (TPSA) is 81.8 Å². The first-order valence-corrected chi connectivity index (χ1v) is 7.03. The molecule has 0 atom stereocenters. The Hall–Kier alpha value is -2.21. The number of carboxylic acids is 1. The van der Waals surface area contributed by atoms with Crippen molar-refractivity contribution in [2.75, 3.05) is 13.2 Å². The third kappa shape index (κ3) is 2.74. The Labute approximate surface area is 131 Å². The van der Waals surface area contributed by atoms with Gasteiger partial charge in [-0.1, -0.05) is 30.6 Å². The molecule has 3 rings (SSSR count). The monoisotopic (exact) mass is 323 g/mol. The summed E-state index contributed by atoms with van der Waals surface area (Å²) in [7, 11) is 0. The van der Waals surface area contributed by atoms with Gasteiger partial charge < -0.3 is 19.1 Å². The first kappa shape index (κ1) is 14.7. The quantitative estimate of drug-likeness (QED) is 0.911. The highest BCUT2D eigenvalue weighted by molar-refractivity contribution is 6.32. The van der Waals surface area contributed by atoms with Crippen molar-refractivity contribution in [3.63, 3.8) is 0 Å². The van der Waals surface area contributed by atoms with E-state index in [1.807, 2.05) is 13.8 Å². The van der Waals surface area contributed by atoms with Crippen molar-refractivity contribution >= 4 is 17.6 Å². The summed E-state index contributed by atoms with van der Waals surface area (Å²) < 4.78 is 16.5. The van der Waals surface area contributed by atoms with Crippen molar-refractivity contribution in [3.05, 3.63) is 28.9 Å². The minimum Gasteiger partial charge on any atom is -0.489 e. The van der Waals surface area contributed by atoms with Gasteiger partial charge in [-0.15, -0.1) is 0 Å². The molecule has 1 aromatic heterocycles. The van der Waals surface area contributed by atoms with Gasteiger partial charge in [-0.25, -0.2) is 4.79 Å². The van der Waals surface area contributed by atoms with Crippen LogP contribution in [0.2, 0.25) is 5.02 Å². The number of benzene rings is 1. The zero-order valence-electron chi connectivity index (χ0n) is 12.1. The molecule has 0 radical (unpaired) electrons. The summed E-state index contributed by atoms with van der Waals surface area (Å²) in [5, 5.41) is 12.8. The molecule has 22 heavy (non-hydrogen) atoms. The lowest BCUT2D eigenvalue weighted by atomic mass is 9.97. The molecule has 0 unspecified atom stereocenters. The lowest BCUT2D eigenvalue weighted by Crippen LogP contribution is -2.26. The molecular formula is C15H14ClNO5. The number of hydrogen-bond acceptors (Lipinski definition) is 5. The van der Waals surface area contributed by atoms with Crippen LogP contribution in [-0.2, 0) is 0 Å². The molecule has 1 N–H and O–H groups in total. The van der Waals surface area contributed by atoms with E-state index in [1.165, 1.54) is 6.07 Å². The molecule has 1 aliphatic rings. The highest BCUT2D eigenvalue weighted by atomic mass is 35.5. The maximum absolute atomic E-state index is 10.9. The minimum atomic E-state index is -1.16. The van der Waals surface area contributed by atoms with Gasteiger partial charge in [0.1, 0.15) is 0 Å². The Morgan fingerprint density at radius 2 is 2.00 bits per heavy atom. The van der Waals surface area contributed by atoms with Crippen molar-refractivity contribution in [1.29, 1.82) is 0 Å². The largest absolute Gasteiger partial charge is 0.489 e. The molecule has 0 bridgehead atoms. The van der Waals surface area contributed by atoms with E-state index < -0.39 is 5.97 Å². The standard InChI is InChI=1S/C15H14ClNO5/c1-15(2)6-20-12-4-8(3-9(16)13(12)21-7-15)11-5-10(14(18)19)17-22-11/h3-5H,6-7H2,1-2H3,(H,18,19). The molecule has 2 aromatic rings. The van der Waals surface area contributed by atoms with Gasteiger partial charge in [0.15, 0.2) is 23.0 Å². The molecule has 116 valence electrons. The summed E-state index contributed by atoms with van der Waals surface area (Å²) in [6.45, 7) is 5.04. The average Bonchev–Trinajstić information content (AvgIpc) is 2.88. The Kier molecular flexibility index (Phi) is 3.48. The van der Waals surface area contributed by atoms with Crippen LogP contribution >= 0.6 is 11.6 Å². The molecule has 0 spiro atoms. The average molecular weight is 324 g/mol. The van der Waals surface area contributed by atoms with Crippen LogP contribution in [0.5, 0.6) is 11.5 Å². The number of carbonyl (C=O) groups is 1. The van der Waals surface area contributed by atoms with Gasteiger partial charge >= 0.3 is 5.97 Å². The third-order valence-corrected chi connectivity index (χ3v) is 3.53. The highest BCUT2D eigenvalue weighted by Crippen LogP contribution is 2.42. The van der Waals surface area contributed by atoms with Crippen molar-refractivity contribution in [2.45, 2.75) is 13.8 Å². The van der Waals surface area contributed by atoms with Crippen molar-refractivity contribution in [2.24, 2.45) is 5.41 Å². The zero-order chi connectivity index (χ0) is 15.9. The summed E-state index contributed by atoms with van der Waals surface area (Å²) >= 11 is 6.25. The van der Waals surface area contributed by atoms with E-state index in [1.54, 1.807) is 12.1 Å². The molecule has 2 heterocycles. The van der Waals surface area contributed by atoms with Gasteiger partial charge in [0.2, 0.25) is 0 Å². The first-order valence-electron chi connectivity index (χ1n) is 6.65. The van der Waals surface area contributed by atoms with E-state index in [9.17, 15) is 4.79 Å². The second-order valence-corrected chi connectivity index (χ2v) is 6.32. The third-order valence-electron chi connectivity index (χ3n) is 3.25. The number of carboxylic acid groups (broad SMARTS) is 1. The molecule has 7 heteroatoms. The molecule has 6 nitrogen and oxygen atoms in total. The van der Waals surface area contributed by atoms with E-state index in [0.717, 1.165) is 0 Å². The normalized spacial score (nSPS) is 16.1. The summed E-state index contributed by atoms with van der Waals surface area (Å²) in [5.74, 6) is 0.127. The lowest BCUT2D eigenvalue weighted by molar-refractivity contribution is 0.0686. The number of halogens is 1. The second kappa shape index (κ2) is 5.21. The highest BCUT2D eigenvalue weighted by Gasteiger charge is 2.27. The molecular weight excluding hydrogens is 310 g/mol. The van der Waals surface area contributed by atoms with Gasteiger partial charge in [0.25, 0.3) is 0 Å². The predicted molar refractivity (Wildman–Crippen MR) is 78.7 cm³/mol. The maximum Gasteiger partial charge on any atom is 0.358 e. The van der Waals surface area contributed by atoms with Gasteiger partial charge in [0.05, 0.1) is 18.2 Å². The molecule has 0 saturated carbocycles. The predicted octanol–water partition coefficient (Wildman–Crippen LogP) is 3.49. The number of fused-ring (bicyclic) bond motifs is 1. The molecule has 0 aliphatic carbocycles. The van der Waals surface area contributed by atoms with E-state index >= 15 is 0 Å². The van der Waals surface area contributed by atoms with E-state index in [-0.39, 0.29) is 11.1 Å². The number of nitrogens with zero attached hydrogens (tertiary/aromatic N) is 1. The van der Waals surface area contributed by atoms with Crippen LogP contribution < -0.4 is 9.47 Å². The van der Waals surface area contributed by atoms with Crippen molar-refractivity contribution < 1.29 is 23.9 Å². The van der Waals surface area contributed by atoms with Crippen LogP contribution in [0.4, 0.5) is 0 Å². The molecule has 1 aromatic carbocycles. The first-order chi connectivity index (χ1) is 10.4. The second-order valence-electron chi connectivity index (χ2n) is 5.91. The molecule has 0 fully saturated rings. The van der Waals surface area contributed by atoms with Gasteiger partial charge in [-0.05, 0) is 12.1 Å². The zero-order valence-corrected chi connectivity index (χ0v) is 12.8. The van der Waals surface area contributed by atoms with E-state index in [0.29, 0.717) is 41.1 Å². The van der Waals surface area contributed by atoms with Crippen LogP contribution in [0, 0.1) is 5.41 Å². The number of rotatable bonds is 2. The number of aromatic nitrogens is 1. The Morgan fingerprint density at radius 1 is 1.27 bits per heavy atom.